The van der Waals surface area contributed by atoms with Crippen molar-refractivity contribution in [1.29, 1.82) is 0 Å². The molecule has 0 radical (unpaired) electrons. The normalized spacial score (nSPS) is 21.6. The van der Waals surface area contributed by atoms with Crippen LogP contribution in [0.15, 0.2) is 12.2 Å². The number of rotatable bonds is 32. The van der Waals surface area contributed by atoms with E-state index in [-0.39, 0.29) is 38.6 Å². The highest BCUT2D eigenvalue weighted by Crippen LogP contribution is 2.23. The highest BCUT2D eigenvalue weighted by Gasteiger charge is 2.45. The summed E-state index contributed by atoms with van der Waals surface area (Å²) in [4.78, 5) is 24.3. The zero-order valence-electron chi connectivity index (χ0n) is 30.9. The van der Waals surface area contributed by atoms with Crippen LogP contribution in [0.1, 0.15) is 168 Å². The summed E-state index contributed by atoms with van der Waals surface area (Å²) in [5, 5.41) is 41.2. The molecule has 0 aliphatic carbocycles. The van der Waals surface area contributed by atoms with Crippen LogP contribution in [0.3, 0.4) is 0 Å². The highest BCUT2D eigenvalue weighted by atomic mass is 16.7. The summed E-state index contributed by atoms with van der Waals surface area (Å²) in [5.41, 5.74) is 0. The Kier molecular flexibility index (Phi) is 28.9. The molecular weight excluding hydrogens is 628 g/mol. The highest BCUT2D eigenvalue weighted by molar-refractivity contribution is 5.69. The van der Waals surface area contributed by atoms with Crippen LogP contribution >= 0.6 is 0 Å². The minimum Gasteiger partial charge on any atom is -0.463 e. The third kappa shape index (κ3) is 24.3. The minimum absolute atomic E-state index is 0.246. The molecule has 1 saturated heterocycles. The van der Waals surface area contributed by atoms with Gasteiger partial charge >= 0.3 is 11.9 Å². The lowest BCUT2D eigenvalue weighted by Gasteiger charge is -2.40. The first-order valence-corrected chi connectivity index (χ1v) is 19.8. The lowest BCUT2D eigenvalue weighted by atomic mass is 9.99. The Morgan fingerprint density at radius 2 is 1.04 bits per heavy atom. The molecule has 0 aromatic heterocycles. The topological polar surface area (TPSA) is 152 Å². The summed E-state index contributed by atoms with van der Waals surface area (Å²) in [7, 11) is 0. The number of hydrogen-bond acceptors (Lipinski definition) is 10. The van der Waals surface area contributed by atoms with E-state index >= 15 is 0 Å². The van der Waals surface area contributed by atoms with Gasteiger partial charge in [-0.2, -0.15) is 0 Å². The van der Waals surface area contributed by atoms with Gasteiger partial charge in [0.05, 0.1) is 6.61 Å². The van der Waals surface area contributed by atoms with Crippen LogP contribution in [-0.2, 0) is 28.5 Å². The van der Waals surface area contributed by atoms with Gasteiger partial charge in [-0.15, -0.1) is 0 Å². The Bertz CT molecular complexity index is 822. The third-order valence-electron chi connectivity index (χ3n) is 9.09. The minimum atomic E-state index is -1.60. The van der Waals surface area contributed by atoms with Crippen LogP contribution in [0.5, 0.6) is 0 Å². The van der Waals surface area contributed by atoms with Gasteiger partial charge in [-0.1, -0.05) is 129 Å². The molecule has 10 heteroatoms. The van der Waals surface area contributed by atoms with Gasteiger partial charge in [-0.3, -0.25) is 9.59 Å². The van der Waals surface area contributed by atoms with E-state index in [4.69, 9.17) is 18.9 Å². The molecule has 1 fully saturated rings. The SMILES string of the molecule is CCCCCC/C=C\CCCCCCCC(=O)OC[C@H]1O[C@@H](OC[C@H](O)COC(=O)CCCCCCCCCCCCC)[C@H](O)[C@@H](O)[C@H]1O. The first kappa shape index (κ1) is 45.5. The number of esters is 2. The van der Waals surface area contributed by atoms with Crippen molar-refractivity contribution in [2.45, 2.75) is 205 Å². The Morgan fingerprint density at radius 1 is 0.592 bits per heavy atom. The van der Waals surface area contributed by atoms with Crippen LogP contribution in [0.2, 0.25) is 0 Å². The monoisotopic (exact) mass is 701 g/mol. The molecule has 1 aliphatic rings. The van der Waals surface area contributed by atoms with Crippen LogP contribution < -0.4 is 0 Å². The first-order valence-electron chi connectivity index (χ1n) is 19.8. The molecule has 10 nitrogen and oxygen atoms in total. The van der Waals surface area contributed by atoms with E-state index in [2.05, 4.69) is 26.0 Å². The molecule has 4 N–H and O–H groups in total. The summed E-state index contributed by atoms with van der Waals surface area (Å²) >= 11 is 0. The number of unbranched alkanes of at least 4 members (excludes halogenated alkanes) is 19. The molecular formula is C39H72O10. The molecule has 1 rings (SSSR count). The van der Waals surface area contributed by atoms with Crippen molar-refractivity contribution in [3.8, 4) is 0 Å². The van der Waals surface area contributed by atoms with Gasteiger partial charge in [-0.05, 0) is 38.5 Å². The van der Waals surface area contributed by atoms with Crippen LogP contribution in [0, 0.1) is 0 Å². The average Bonchev–Trinajstić information content (AvgIpc) is 3.09. The molecule has 0 saturated carbocycles. The van der Waals surface area contributed by atoms with E-state index in [0.29, 0.717) is 6.42 Å². The molecule has 1 heterocycles. The summed E-state index contributed by atoms with van der Waals surface area (Å²) in [6.07, 6.45) is 22.2. The molecule has 0 spiro atoms. The maximum atomic E-state index is 12.3. The van der Waals surface area contributed by atoms with Crippen molar-refractivity contribution in [1.82, 2.24) is 0 Å². The van der Waals surface area contributed by atoms with Gasteiger partial charge in [0.25, 0.3) is 0 Å². The molecule has 0 aromatic carbocycles. The van der Waals surface area contributed by atoms with Gasteiger partial charge in [-0.25, -0.2) is 0 Å². The number of carbonyl (C=O) groups is 2. The van der Waals surface area contributed by atoms with Gasteiger partial charge in [0.2, 0.25) is 0 Å². The molecule has 0 amide bonds. The van der Waals surface area contributed by atoms with E-state index in [1.54, 1.807) is 0 Å². The smallest absolute Gasteiger partial charge is 0.305 e. The third-order valence-corrected chi connectivity index (χ3v) is 9.09. The predicted molar refractivity (Wildman–Crippen MR) is 192 cm³/mol. The number of allylic oxidation sites excluding steroid dienone is 2. The fourth-order valence-corrected chi connectivity index (χ4v) is 5.87. The Labute approximate surface area is 297 Å². The summed E-state index contributed by atoms with van der Waals surface area (Å²) in [5.74, 6) is -0.814. The van der Waals surface area contributed by atoms with Gasteiger partial charge in [0.1, 0.15) is 43.7 Å². The lowest BCUT2D eigenvalue weighted by Crippen LogP contribution is -2.59. The molecule has 0 bridgehead atoms. The van der Waals surface area contributed by atoms with Crippen LogP contribution in [-0.4, -0.2) is 89.0 Å². The zero-order chi connectivity index (χ0) is 36.0. The van der Waals surface area contributed by atoms with Crippen molar-refractivity contribution >= 4 is 11.9 Å². The molecule has 0 unspecified atom stereocenters. The van der Waals surface area contributed by atoms with Gasteiger partial charge in [0.15, 0.2) is 6.29 Å². The maximum absolute atomic E-state index is 12.3. The maximum Gasteiger partial charge on any atom is 0.305 e. The second-order valence-electron chi connectivity index (χ2n) is 13.8. The second kappa shape index (κ2) is 31.2. The van der Waals surface area contributed by atoms with E-state index < -0.39 is 42.8 Å². The standard InChI is InChI=1S/C39H72O10/c1-3-5-7-9-11-13-15-16-18-20-22-24-26-28-35(42)47-31-33-36(43)37(44)38(45)39(49-33)48-30-32(40)29-46-34(41)27-25-23-21-19-17-14-12-10-8-6-4-2/h13,15,32-33,36-40,43-45H,3-12,14,16-31H2,1-2H3/b15-13-/t32-,33-,36+,37+,38-,39-/m1/s1. The predicted octanol–water partition coefficient (Wildman–Crippen LogP) is 7.22. The fourth-order valence-electron chi connectivity index (χ4n) is 5.87. The van der Waals surface area contributed by atoms with Gasteiger partial charge < -0.3 is 39.4 Å². The van der Waals surface area contributed by atoms with Crippen LogP contribution in [0.4, 0.5) is 0 Å². The molecule has 0 aromatic rings. The Morgan fingerprint density at radius 3 is 1.57 bits per heavy atom. The lowest BCUT2D eigenvalue weighted by molar-refractivity contribution is -0.305. The molecule has 1 aliphatic heterocycles. The fraction of sp³-hybridized carbons (Fsp3) is 0.897. The van der Waals surface area contributed by atoms with E-state index in [0.717, 1.165) is 51.4 Å². The Balaban J connectivity index is 2.15. The van der Waals surface area contributed by atoms with E-state index in [1.165, 1.54) is 83.5 Å². The molecule has 49 heavy (non-hydrogen) atoms. The number of carbonyl (C=O) groups excluding carboxylic acids is 2. The quantitative estimate of drug-likeness (QED) is 0.0322. The number of aliphatic hydroxyl groups excluding tert-OH is 4. The van der Waals surface area contributed by atoms with Crippen molar-refractivity contribution in [2.24, 2.45) is 0 Å². The number of aliphatic hydroxyl groups is 4. The Hall–Kier alpha value is -1.56. The van der Waals surface area contributed by atoms with Crippen molar-refractivity contribution < 1.29 is 49.0 Å². The van der Waals surface area contributed by atoms with E-state index in [9.17, 15) is 30.0 Å². The molecule has 6 atom stereocenters. The largest absolute Gasteiger partial charge is 0.463 e. The van der Waals surface area contributed by atoms with Crippen molar-refractivity contribution in [3.05, 3.63) is 12.2 Å². The number of ether oxygens (including phenoxy) is 4. The molecule has 288 valence electrons. The zero-order valence-corrected chi connectivity index (χ0v) is 30.9. The van der Waals surface area contributed by atoms with Crippen LogP contribution in [0.25, 0.3) is 0 Å². The first-order chi connectivity index (χ1) is 23.8. The summed E-state index contributed by atoms with van der Waals surface area (Å²) < 4.78 is 21.4. The summed E-state index contributed by atoms with van der Waals surface area (Å²) in [6.45, 7) is 3.53. The average molecular weight is 701 g/mol. The second-order valence-corrected chi connectivity index (χ2v) is 13.8. The van der Waals surface area contributed by atoms with Gasteiger partial charge in [0, 0.05) is 12.8 Å². The van der Waals surface area contributed by atoms with E-state index in [1.807, 2.05) is 0 Å². The van der Waals surface area contributed by atoms with Crippen molar-refractivity contribution in [2.75, 3.05) is 19.8 Å². The number of hydrogen-bond donors (Lipinski definition) is 4. The van der Waals surface area contributed by atoms with Crippen molar-refractivity contribution in [3.63, 3.8) is 0 Å². The summed E-state index contributed by atoms with van der Waals surface area (Å²) in [6, 6.07) is 0.